The van der Waals surface area contributed by atoms with Crippen molar-refractivity contribution in [2.45, 2.75) is 26.9 Å². The molecule has 0 spiro atoms. The van der Waals surface area contributed by atoms with Crippen molar-refractivity contribution in [3.05, 3.63) is 73.1 Å². The summed E-state index contributed by atoms with van der Waals surface area (Å²) in [5, 5.41) is 2.05. The maximum Gasteiger partial charge on any atom is 0.339 e. The number of hydrogen-bond donors (Lipinski definition) is 1. The number of fused-ring (bicyclic) bond motifs is 3. The molecule has 4 nitrogen and oxygen atoms in total. The van der Waals surface area contributed by atoms with Crippen molar-refractivity contribution < 1.29 is 14.1 Å². The average molecular weight is 391 g/mol. The summed E-state index contributed by atoms with van der Waals surface area (Å²) in [6, 6.07) is 9.57. The molecule has 0 fully saturated rings. The van der Waals surface area contributed by atoms with Crippen LogP contribution in [0, 0.1) is 13.8 Å². The second-order valence-corrected chi connectivity index (χ2v) is 7.51. The zero-order chi connectivity index (χ0) is 18.4. The molecule has 1 aliphatic heterocycles. The maximum absolute atomic E-state index is 12.1. The Bertz CT molecular complexity index is 1070. The van der Waals surface area contributed by atoms with Gasteiger partial charge in [0, 0.05) is 16.5 Å². The molecule has 2 aromatic carbocycles. The van der Waals surface area contributed by atoms with Crippen LogP contribution in [-0.2, 0) is 13.1 Å². The van der Waals surface area contributed by atoms with E-state index in [1.807, 2.05) is 31.2 Å². The fourth-order valence-corrected chi connectivity index (χ4v) is 3.70. The molecule has 0 saturated carbocycles. The summed E-state index contributed by atoms with van der Waals surface area (Å²) in [6.45, 7) is 5.72. The third-order valence-electron chi connectivity index (χ3n) is 4.98. The summed E-state index contributed by atoms with van der Waals surface area (Å²) in [7, 11) is 0. The van der Waals surface area contributed by atoms with Gasteiger partial charge in [-0.05, 0) is 43.7 Å². The van der Waals surface area contributed by atoms with E-state index in [0.717, 1.165) is 34.4 Å². The largest absolute Gasteiger partial charge is 0.445 e. The van der Waals surface area contributed by atoms with Gasteiger partial charge in [-0.25, -0.2) is 4.79 Å². The highest BCUT2D eigenvalue weighted by Crippen LogP contribution is 2.30. The van der Waals surface area contributed by atoms with Gasteiger partial charge in [0.1, 0.15) is 18.8 Å². The summed E-state index contributed by atoms with van der Waals surface area (Å²) >= 11 is 12.1. The topological polar surface area (TPSA) is 43.9 Å². The van der Waals surface area contributed by atoms with Gasteiger partial charge in [-0.3, -0.25) is 4.90 Å². The highest BCUT2D eigenvalue weighted by atomic mass is 35.5. The fourth-order valence-electron chi connectivity index (χ4n) is 3.38. The van der Waals surface area contributed by atoms with Crippen LogP contribution in [0.5, 0.6) is 5.75 Å². The number of benzene rings is 2. The predicted molar refractivity (Wildman–Crippen MR) is 102 cm³/mol. The van der Waals surface area contributed by atoms with Gasteiger partial charge >= 0.3 is 5.63 Å². The molecule has 1 aromatic heterocycles. The van der Waals surface area contributed by atoms with Crippen LogP contribution in [-0.4, -0.2) is 6.73 Å². The molecule has 0 amide bonds. The number of nitrogens with one attached hydrogen (secondary N) is 1. The van der Waals surface area contributed by atoms with Crippen LogP contribution in [0.4, 0.5) is 0 Å². The van der Waals surface area contributed by atoms with Crippen molar-refractivity contribution in [1.82, 2.24) is 0 Å². The lowest BCUT2D eigenvalue weighted by atomic mass is 10.0. The predicted octanol–water partition coefficient (Wildman–Crippen LogP) is 3.65. The van der Waals surface area contributed by atoms with Crippen LogP contribution in [0.2, 0.25) is 10.0 Å². The van der Waals surface area contributed by atoms with Crippen LogP contribution >= 0.6 is 23.2 Å². The van der Waals surface area contributed by atoms with Gasteiger partial charge in [-0.15, -0.1) is 0 Å². The number of halogens is 2. The Balaban J connectivity index is 1.71. The quantitative estimate of drug-likeness (QED) is 0.679. The van der Waals surface area contributed by atoms with Crippen molar-refractivity contribution in [3.8, 4) is 5.75 Å². The molecular weight excluding hydrogens is 373 g/mol. The normalized spacial score (nSPS) is 16.4. The van der Waals surface area contributed by atoms with Gasteiger partial charge in [0.25, 0.3) is 0 Å². The Kier molecular flexibility index (Phi) is 4.43. The molecule has 4 rings (SSSR count). The summed E-state index contributed by atoms with van der Waals surface area (Å²) < 4.78 is 11.5. The number of hydrogen-bond acceptors (Lipinski definition) is 3. The summed E-state index contributed by atoms with van der Waals surface area (Å²) in [6.07, 6.45) is 0. The Hall–Kier alpha value is -2.01. The van der Waals surface area contributed by atoms with Crippen LogP contribution in [0.3, 0.4) is 0 Å². The number of aryl methyl sites for hydroxylation is 1. The van der Waals surface area contributed by atoms with Crippen LogP contribution in [0.1, 0.15) is 22.3 Å². The first-order chi connectivity index (χ1) is 12.4. The second kappa shape index (κ2) is 6.62. The second-order valence-electron chi connectivity index (χ2n) is 6.70. The number of ether oxygens (including phenoxy) is 1. The molecule has 6 heteroatoms. The van der Waals surface area contributed by atoms with Gasteiger partial charge < -0.3 is 9.15 Å². The molecule has 1 aliphatic rings. The SMILES string of the molecule is Cc1c(C)c2ccc3c(c2oc1=O)C[NH+](Cc1ccc(Cl)c(Cl)c1)CO3. The standard InChI is InChI=1S/C20H17Cl2NO3/c1-11-12(2)20(24)26-19-14(11)4-6-18-15(19)9-23(10-25-18)8-13-3-5-16(21)17(22)7-13/h3-7H,8-10H2,1-2H3/p+1. The molecule has 0 radical (unpaired) electrons. The lowest BCUT2D eigenvalue weighted by Gasteiger charge is -2.26. The van der Waals surface area contributed by atoms with E-state index >= 15 is 0 Å². The van der Waals surface area contributed by atoms with E-state index in [4.69, 9.17) is 32.4 Å². The Morgan fingerprint density at radius 2 is 1.88 bits per heavy atom. The van der Waals surface area contributed by atoms with E-state index in [2.05, 4.69) is 0 Å². The van der Waals surface area contributed by atoms with Crippen LogP contribution in [0.15, 0.2) is 39.5 Å². The fraction of sp³-hybridized carbons (Fsp3) is 0.250. The first kappa shape index (κ1) is 17.4. The Labute approximate surface area is 160 Å². The molecule has 0 saturated heterocycles. The zero-order valence-corrected chi connectivity index (χ0v) is 16.0. The first-order valence-corrected chi connectivity index (χ1v) is 9.16. The van der Waals surface area contributed by atoms with Gasteiger partial charge in [0.05, 0.1) is 15.6 Å². The van der Waals surface area contributed by atoms with E-state index in [0.29, 0.717) is 34.5 Å². The van der Waals surface area contributed by atoms with Crippen LogP contribution < -0.4 is 15.3 Å². The monoisotopic (exact) mass is 390 g/mol. The minimum atomic E-state index is -0.292. The van der Waals surface area contributed by atoms with E-state index in [9.17, 15) is 4.79 Å². The van der Waals surface area contributed by atoms with Crippen molar-refractivity contribution in [3.63, 3.8) is 0 Å². The Morgan fingerprint density at radius 3 is 2.65 bits per heavy atom. The summed E-state index contributed by atoms with van der Waals surface area (Å²) in [4.78, 5) is 13.3. The third-order valence-corrected chi connectivity index (χ3v) is 5.72. The highest BCUT2D eigenvalue weighted by Gasteiger charge is 2.25. The molecule has 1 N–H and O–H groups in total. The van der Waals surface area contributed by atoms with Gasteiger partial charge in [0.15, 0.2) is 5.58 Å². The zero-order valence-electron chi connectivity index (χ0n) is 14.5. The lowest BCUT2D eigenvalue weighted by molar-refractivity contribution is -0.945. The van der Waals surface area contributed by atoms with Gasteiger partial charge in [-0.2, -0.15) is 0 Å². The average Bonchev–Trinajstić information content (AvgIpc) is 2.63. The van der Waals surface area contributed by atoms with E-state index in [-0.39, 0.29) is 5.63 Å². The van der Waals surface area contributed by atoms with Crippen molar-refractivity contribution >= 4 is 34.2 Å². The summed E-state index contributed by atoms with van der Waals surface area (Å²) in [5.41, 5.74) is 3.95. The minimum Gasteiger partial charge on any atom is -0.445 e. The molecule has 26 heavy (non-hydrogen) atoms. The molecule has 1 atom stereocenters. The van der Waals surface area contributed by atoms with E-state index < -0.39 is 0 Å². The minimum absolute atomic E-state index is 0.292. The van der Waals surface area contributed by atoms with Gasteiger partial charge in [0.2, 0.25) is 6.73 Å². The van der Waals surface area contributed by atoms with E-state index in [1.165, 1.54) is 4.90 Å². The molecule has 134 valence electrons. The van der Waals surface area contributed by atoms with E-state index in [1.54, 1.807) is 13.0 Å². The van der Waals surface area contributed by atoms with Crippen LogP contribution in [0.25, 0.3) is 11.0 Å². The lowest BCUT2D eigenvalue weighted by Crippen LogP contribution is -3.10. The number of rotatable bonds is 2. The molecule has 2 heterocycles. The highest BCUT2D eigenvalue weighted by molar-refractivity contribution is 6.42. The van der Waals surface area contributed by atoms with Crippen molar-refractivity contribution in [2.24, 2.45) is 0 Å². The third kappa shape index (κ3) is 2.98. The molecular formula is C20H18Cl2NO3+. The summed E-state index contributed by atoms with van der Waals surface area (Å²) in [5.74, 6) is 0.779. The van der Waals surface area contributed by atoms with Crippen molar-refractivity contribution in [1.29, 1.82) is 0 Å². The Morgan fingerprint density at radius 1 is 1.08 bits per heavy atom. The van der Waals surface area contributed by atoms with Gasteiger partial charge in [-0.1, -0.05) is 29.3 Å². The molecule has 0 bridgehead atoms. The smallest absolute Gasteiger partial charge is 0.339 e. The molecule has 0 aliphatic carbocycles. The first-order valence-electron chi connectivity index (χ1n) is 8.40. The molecule has 1 unspecified atom stereocenters. The van der Waals surface area contributed by atoms with Crippen molar-refractivity contribution in [2.75, 3.05) is 6.73 Å². The molecule has 3 aromatic rings. The number of quaternary nitrogens is 1. The maximum atomic E-state index is 12.1.